The number of unbranched alkanes of at least 4 members (excludes halogenated alkanes) is 1. The maximum absolute atomic E-state index is 10.9. The Morgan fingerprint density at radius 1 is 1.56 bits per heavy atom. The summed E-state index contributed by atoms with van der Waals surface area (Å²) in [5.41, 5.74) is 0. The van der Waals surface area contributed by atoms with E-state index in [4.69, 9.17) is 5.11 Å². The van der Waals surface area contributed by atoms with Gasteiger partial charge in [-0.3, -0.25) is 9.52 Å². The van der Waals surface area contributed by atoms with Crippen LogP contribution in [-0.4, -0.2) is 36.1 Å². The first kappa shape index (κ1) is 14.7. The lowest BCUT2D eigenvalue weighted by Gasteiger charge is -2.08. The van der Waals surface area contributed by atoms with Gasteiger partial charge in [-0.05, 0) is 13.3 Å². The average molecular weight is 250 g/mol. The Morgan fingerprint density at radius 2 is 2.25 bits per heavy atom. The summed E-state index contributed by atoms with van der Waals surface area (Å²) >= 11 is 0.737. The zero-order valence-corrected chi connectivity index (χ0v) is 9.58. The summed E-state index contributed by atoms with van der Waals surface area (Å²) in [5.74, 6) is -1.02. The molecule has 0 heterocycles. The van der Waals surface area contributed by atoms with Gasteiger partial charge in [0, 0.05) is 18.6 Å². The average Bonchev–Trinajstić information content (AvgIpc) is 2.24. The molecule has 0 saturated carbocycles. The van der Waals surface area contributed by atoms with E-state index in [-0.39, 0.29) is 6.61 Å². The van der Waals surface area contributed by atoms with Crippen LogP contribution in [0.5, 0.6) is 0 Å². The third kappa shape index (κ3) is 8.06. The summed E-state index contributed by atoms with van der Waals surface area (Å²) in [4.78, 5) is 31.2. The number of carboxylic acid groups (broad SMARTS) is 1. The van der Waals surface area contributed by atoms with E-state index in [1.165, 1.54) is 6.92 Å². The van der Waals surface area contributed by atoms with Crippen molar-refractivity contribution in [2.45, 2.75) is 25.8 Å². The monoisotopic (exact) mass is 250 g/mol. The normalized spacial score (nSPS) is 11.6. The Morgan fingerprint density at radius 3 is 2.81 bits per heavy atom. The largest absolute Gasteiger partial charge is 0.480 e. The summed E-state index contributed by atoms with van der Waals surface area (Å²) in [6.45, 7) is 1.59. The predicted molar refractivity (Wildman–Crippen MR) is 57.6 cm³/mol. The van der Waals surface area contributed by atoms with Crippen LogP contribution in [0.1, 0.15) is 19.8 Å². The second-order valence-electron chi connectivity index (χ2n) is 2.83. The van der Waals surface area contributed by atoms with Gasteiger partial charge in [0.05, 0.1) is 6.61 Å². The van der Waals surface area contributed by atoms with Gasteiger partial charge < -0.3 is 14.6 Å². The highest BCUT2D eigenvalue weighted by Crippen LogP contribution is 1.94. The Balaban J connectivity index is 3.43. The van der Waals surface area contributed by atoms with Gasteiger partial charge in [-0.1, -0.05) is 0 Å². The van der Waals surface area contributed by atoms with E-state index in [0.29, 0.717) is 12.8 Å². The minimum atomic E-state index is -1.02. The molecule has 0 rings (SSSR count). The molecule has 92 valence electrons. The van der Waals surface area contributed by atoms with E-state index in [9.17, 15) is 14.4 Å². The predicted octanol–water partition coefficient (Wildman–Crippen LogP) is 0.318. The third-order valence-corrected chi connectivity index (χ3v) is 2.18. The van der Waals surface area contributed by atoms with Gasteiger partial charge in [0.2, 0.25) is 0 Å². The van der Waals surface area contributed by atoms with Crippen LogP contribution in [0.3, 0.4) is 0 Å². The van der Waals surface area contributed by atoms with Crippen LogP contribution in [0.2, 0.25) is 0 Å². The van der Waals surface area contributed by atoms with E-state index in [1.807, 2.05) is 0 Å². The third-order valence-electron chi connectivity index (χ3n) is 1.44. The lowest BCUT2D eigenvalue weighted by atomic mass is 10.4. The molecule has 0 aliphatic heterocycles. The Bertz CT molecular complexity index is 249. The van der Waals surface area contributed by atoms with Crippen LogP contribution in [-0.2, 0) is 14.3 Å². The van der Waals surface area contributed by atoms with Crippen molar-refractivity contribution in [2.24, 2.45) is 0 Å². The summed E-state index contributed by atoms with van der Waals surface area (Å²) in [6.07, 6.45) is 0.877. The van der Waals surface area contributed by atoms with E-state index < -0.39 is 18.1 Å². The number of aldehydes is 1. The van der Waals surface area contributed by atoms with Gasteiger partial charge in [-0.25, -0.2) is 9.52 Å². The van der Waals surface area contributed by atoms with Crippen molar-refractivity contribution in [1.29, 1.82) is 0 Å². The zero-order chi connectivity index (χ0) is 12.4. The fourth-order valence-corrected chi connectivity index (χ4v) is 1.05. The van der Waals surface area contributed by atoms with Crippen molar-refractivity contribution in [2.75, 3.05) is 6.61 Å². The minimum absolute atomic E-state index is 0.152. The van der Waals surface area contributed by atoms with Crippen molar-refractivity contribution in [3.63, 3.8) is 0 Å². The summed E-state index contributed by atoms with van der Waals surface area (Å²) in [5, 5.41) is 8.49. The Labute approximate surface area is 97.2 Å². The van der Waals surface area contributed by atoms with E-state index >= 15 is 0 Å². The van der Waals surface area contributed by atoms with Gasteiger partial charge in [0.1, 0.15) is 12.3 Å². The van der Waals surface area contributed by atoms with Gasteiger partial charge in [0.15, 0.2) is 0 Å². The Kier molecular flexibility index (Phi) is 8.26. The standard InChI is InChI=1S/C8H14N2O5S/c1-6(7(12)13)9-16-10-8(14)15-5-3-2-4-11/h4,6,9H,2-3,5H2,1H3,(H,10,14)(H,12,13). The maximum Gasteiger partial charge on any atom is 0.418 e. The molecule has 0 radical (unpaired) electrons. The molecular formula is C8H14N2O5S. The van der Waals surface area contributed by atoms with Crippen molar-refractivity contribution in [3.05, 3.63) is 0 Å². The molecule has 0 spiro atoms. The fourth-order valence-electron chi connectivity index (χ4n) is 0.571. The quantitative estimate of drug-likeness (QED) is 0.323. The number of hydrogen-bond donors (Lipinski definition) is 3. The van der Waals surface area contributed by atoms with E-state index in [1.54, 1.807) is 0 Å². The number of amides is 1. The molecule has 1 amide bonds. The molecule has 8 heteroatoms. The smallest absolute Gasteiger partial charge is 0.418 e. The van der Waals surface area contributed by atoms with Gasteiger partial charge >= 0.3 is 12.1 Å². The number of rotatable bonds is 8. The molecule has 16 heavy (non-hydrogen) atoms. The Hall–Kier alpha value is -1.28. The molecule has 0 aliphatic rings. The van der Waals surface area contributed by atoms with Crippen molar-refractivity contribution in [1.82, 2.24) is 9.44 Å². The number of carbonyl (C=O) groups excluding carboxylic acids is 2. The zero-order valence-electron chi connectivity index (χ0n) is 8.76. The summed E-state index contributed by atoms with van der Waals surface area (Å²) in [6, 6.07) is -0.777. The lowest BCUT2D eigenvalue weighted by molar-refractivity contribution is -0.138. The number of carboxylic acids is 1. The molecule has 0 saturated heterocycles. The second-order valence-corrected chi connectivity index (χ2v) is 3.47. The molecule has 3 N–H and O–H groups in total. The fraction of sp³-hybridized carbons (Fsp3) is 0.625. The molecule has 1 unspecified atom stereocenters. The van der Waals surface area contributed by atoms with Crippen LogP contribution in [0, 0.1) is 0 Å². The van der Waals surface area contributed by atoms with Gasteiger partial charge in [0.25, 0.3) is 0 Å². The molecule has 1 atom stereocenters. The first-order chi connectivity index (χ1) is 7.57. The number of nitrogens with one attached hydrogen (secondary N) is 2. The van der Waals surface area contributed by atoms with Crippen LogP contribution in [0.15, 0.2) is 0 Å². The molecule has 0 fully saturated rings. The van der Waals surface area contributed by atoms with Crippen LogP contribution < -0.4 is 9.44 Å². The van der Waals surface area contributed by atoms with Crippen LogP contribution in [0.25, 0.3) is 0 Å². The van der Waals surface area contributed by atoms with E-state index in [0.717, 1.165) is 18.4 Å². The van der Waals surface area contributed by atoms with Crippen molar-refractivity contribution < 1.29 is 24.2 Å². The molecule has 0 aromatic rings. The highest BCUT2D eigenvalue weighted by Gasteiger charge is 2.10. The molecule has 0 aromatic carbocycles. The second kappa shape index (κ2) is 8.98. The maximum atomic E-state index is 10.9. The highest BCUT2D eigenvalue weighted by molar-refractivity contribution is 7.96. The minimum Gasteiger partial charge on any atom is -0.480 e. The van der Waals surface area contributed by atoms with Gasteiger partial charge in [-0.15, -0.1) is 0 Å². The van der Waals surface area contributed by atoms with Crippen molar-refractivity contribution >= 4 is 30.5 Å². The number of ether oxygens (including phenoxy) is 1. The summed E-state index contributed by atoms with van der Waals surface area (Å²) < 4.78 is 9.37. The molecule has 0 aromatic heterocycles. The van der Waals surface area contributed by atoms with Crippen LogP contribution in [0.4, 0.5) is 4.79 Å². The topological polar surface area (TPSA) is 105 Å². The SMILES string of the molecule is CC(NSNC(=O)OCCCC=O)C(=O)O. The molecule has 0 bridgehead atoms. The number of carbonyl (C=O) groups is 3. The lowest BCUT2D eigenvalue weighted by Crippen LogP contribution is -2.32. The van der Waals surface area contributed by atoms with Crippen LogP contribution >= 0.6 is 12.1 Å². The van der Waals surface area contributed by atoms with Crippen molar-refractivity contribution in [3.8, 4) is 0 Å². The molecular weight excluding hydrogens is 236 g/mol. The first-order valence-corrected chi connectivity index (χ1v) is 5.40. The van der Waals surface area contributed by atoms with E-state index in [2.05, 4.69) is 14.2 Å². The highest BCUT2D eigenvalue weighted by atomic mass is 32.2. The summed E-state index contributed by atoms with van der Waals surface area (Å²) in [7, 11) is 0. The molecule has 0 aliphatic carbocycles. The first-order valence-electron chi connectivity index (χ1n) is 4.58. The van der Waals surface area contributed by atoms with Gasteiger partial charge in [-0.2, -0.15) is 0 Å². The number of hydrogen-bond acceptors (Lipinski definition) is 6. The molecule has 7 nitrogen and oxygen atoms in total. The number of aliphatic carboxylic acids is 1.